The van der Waals surface area contributed by atoms with Gasteiger partial charge in [0.05, 0.1) is 0 Å². The van der Waals surface area contributed by atoms with Gasteiger partial charge in [0.1, 0.15) is 0 Å². The highest BCUT2D eigenvalue weighted by atomic mass is 32.2. The van der Waals surface area contributed by atoms with Gasteiger partial charge in [-0.3, -0.25) is 0 Å². The molecule has 0 amide bonds. The Kier molecular flexibility index (Phi) is 4.23. The smallest absolute Gasteiger partial charge is 0.172 e. The summed E-state index contributed by atoms with van der Waals surface area (Å²) in [7, 11) is 2.01. The number of hydrogen-bond acceptors (Lipinski definition) is 3. The van der Waals surface area contributed by atoms with Crippen molar-refractivity contribution in [3.63, 3.8) is 0 Å². The highest BCUT2D eigenvalue weighted by Gasteiger charge is 2.02. The minimum Gasteiger partial charge on any atom is -0.329 e. The monoisotopic (exact) mass is 247 g/mol. The van der Waals surface area contributed by atoms with Crippen LogP contribution in [0.1, 0.15) is 12.5 Å². The molecular formula is C13H17N3S. The van der Waals surface area contributed by atoms with Gasteiger partial charge in [0, 0.05) is 30.9 Å². The number of hydrogen-bond donors (Lipinski definition) is 1. The van der Waals surface area contributed by atoms with Gasteiger partial charge in [-0.05, 0) is 24.2 Å². The summed E-state index contributed by atoms with van der Waals surface area (Å²) in [6.45, 7) is 4.05. The Balaban J connectivity index is 2.01. The van der Waals surface area contributed by atoms with Crippen LogP contribution >= 0.6 is 11.8 Å². The van der Waals surface area contributed by atoms with E-state index in [1.54, 1.807) is 11.8 Å². The van der Waals surface area contributed by atoms with E-state index in [-0.39, 0.29) is 0 Å². The topological polar surface area (TPSA) is 29.9 Å². The fourth-order valence-corrected chi connectivity index (χ4v) is 2.30. The second kappa shape index (κ2) is 5.89. The van der Waals surface area contributed by atoms with Gasteiger partial charge < -0.3 is 9.88 Å². The van der Waals surface area contributed by atoms with E-state index < -0.39 is 0 Å². The largest absolute Gasteiger partial charge is 0.329 e. The van der Waals surface area contributed by atoms with Crippen LogP contribution in [0.15, 0.2) is 46.7 Å². The van der Waals surface area contributed by atoms with Crippen LogP contribution in [0.4, 0.5) is 0 Å². The first-order valence-corrected chi connectivity index (χ1v) is 6.56. The molecule has 0 spiro atoms. The zero-order valence-corrected chi connectivity index (χ0v) is 11.0. The summed E-state index contributed by atoms with van der Waals surface area (Å²) in [5.74, 6) is 0. The second-order valence-electron chi connectivity index (χ2n) is 3.85. The van der Waals surface area contributed by atoms with Crippen LogP contribution < -0.4 is 5.32 Å². The molecule has 0 unspecified atom stereocenters. The number of benzene rings is 1. The predicted molar refractivity (Wildman–Crippen MR) is 71.2 cm³/mol. The van der Waals surface area contributed by atoms with Gasteiger partial charge in [0.25, 0.3) is 0 Å². The summed E-state index contributed by atoms with van der Waals surface area (Å²) in [5.41, 5.74) is 1.32. The Morgan fingerprint density at radius 3 is 2.65 bits per heavy atom. The Bertz CT molecular complexity index is 462. The standard InChI is InChI=1S/C13H17N3S/c1-3-14-10-11-4-6-12(7-5-11)17-13-15-8-9-16(13)2/h4-9,14H,3,10H2,1-2H3. The SMILES string of the molecule is CCNCc1ccc(Sc2nccn2C)cc1. The maximum atomic E-state index is 4.30. The summed E-state index contributed by atoms with van der Waals surface area (Å²) < 4.78 is 2.03. The Labute approximate surface area is 106 Å². The molecular weight excluding hydrogens is 230 g/mol. The number of aryl methyl sites for hydroxylation is 1. The van der Waals surface area contributed by atoms with E-state index in [1.807, 2.05) is 24.0 Å². The first-order valence-electron chi connectivity index (χ1n) is 5.74. The summed E-state index contributed by atoms with van der Waals surface area (Å²) in [5, 5.41) is 4.33. The molecule has 0 radical (unpaired) electrons. The van der Waals surface area contributed by atoms with Crippen LogP contribution in [0.25, 0.3) is 0 Å². The van der Waals surface area contributed by atoms with E-state index in [2.05, 4.69) is 41.5 Å². The fraction of sp³-hybridized carbons (Fsp3) is 0.308. The number of imidazole rings is 1. The van der Waals surface area contributed by atoms with Crippen molar-refractivity contribution in [3.05, 3.63) is 42.2 Å². The van der Waals surface area contributed by atoms with Gasteiger partial charge in [0.2, 0.25) is 0 Å². The summed E-state index contributed by atoms with van der Waals surface area (Å²) in [6.07, 6.45) is 3.78. The molecule has 2 aromatic rings. The van der Waals surface area contributed by atoms with Gasteiger partial charge in [-0.15, -0.1) is 0 Å². The van der Waals surface area contributed by atoms with E-state index in [4.69, 9.17) is 0 Å². The zero-order valence-electron chi connectivity index (χ0n) is 10.2. The van der Waals surface area contributed by atoms with Crippen LogP contribution in [-0.4, -0.2) is 16.1 Å². The predicted octanol–water partition coefficient (Wildman–Crippen LogP) is 2.68. The Hall–Kier alpha value is -1.26. The molecule has 0 saturated carbocycles. The lowest BCUT2D eigenvalue weighted by molar-refractivity contribution is 0.726. The van der Waals surface area contributed by atoms with Crippen molar-refractivity contribution in [3.8, 4) is 0 Å². The third-order valence-corrected chi connectivity index (χ3v) is 3.57. The molecule has 0 saturated heterocycles. The third-order valence-electron chi connectivity index (χ3n) is 2.49. The van der Waals surface area contributed by atoms with Crippen molar-refractivity contribution < 1.29 is 0 Å². The van der Waals surface area contributed by atoms with E-state index in [0.29, 0.717) is 0 Å². The quantitative estimate of drug-likeness (QED) is 0.881. The normalized spacial score (nSPS) is 10.7. The first-order chi connectivity index (χ1) is 8.29. The zero-order chi connectivity index (χ0) is 12.1. The molecule has 1 heterocycles. The molecule has 4 heteroatoms. The van der Waals surface area contributed by atoms with E-state index in [9.17, 15) is 0 Å². The number of rotatable bonds is 5. The minimum atomic E-state index is 0.934. The van der Waals surface area contributed by atoms with Crippen LogP contribution in [0, 0.1) is 0 Å². The average Bonchev–Trinajstić information content (AvgIpc) is 2.74. The molecule has 0 fully saturated rings. The maximum absolute atomic E-state index is 4.30. The van der Waals surface area contributed by atoms with Gasteiger partial charge in [0.15, 0.2) is 5.16 Å². The van der Waals surface area contributed by atoms with Crippen molar-refractivity contribution in [2.45, 2.75) is 23.5 Å². The molecule has 0 atom stereocenters. The fourth-order valence-electron chi connectivity index (χ4n) is 1.50. The lowest BCUT2D eigenvalue weighted by Crippen LogP contribution is -2.11. The van der Waals surface area contributed by atoms with E-state index in [0.717, 1.165) is 18.2 Å². The molecule has 90 valence electrons. The minimum absolute atomic E-state index is 0.934. The van der Waals surface area contributed by atoms with Crippen molar-refractivity contribution in [1.29, 1.82) is 0 Å². The van der Waals surface area contributed by atoms with E-state index in [1.165, 1.54) is 10.5 Å². The highest BCUT2D eigenvalue weighted by Crippen LogP contribution is 2.25. The van der Waals surface area contributed by atoms with Crippen LogP contribution in [-0.2, 0) is 13.6 Å². The number of nitrogens with one attached hydrogen (secondary N) is 1. The Morgan fingerprint density at radius 2 is 2.06 bits per heavy atom. The molecule has 0 aliphatic heterocycles. The van der Waals surface area contributed by atoms with Crippen LogP contribution in [0.2, 0.25) is 0 Å². The van der Waals surface area contributed by atoms with Gasteiger partial charge in [-0.1, -0.05) is 30.8 Å². The Morgan fingerprint density at radius 1 is 1.29 bits per heavy atom. The summed E-state index contributed by atoms with van der Waals surface area (Å²) >= 11 is 1.68. The third kappa shape index (κ3) is 3.35. The van der Waals surface area contributed by atoms with Crippen molar-refractivity contribution >= 4 is 11.8 Å². The molecule has 1 aromatic heterocycles. The highest BCUT2D eigenvalue weighted by molar-refractivity contribution is 7.99. The van der Waals surface area contributed by atoms with Crippen molar-refractivity contribution in [2.24, 2.45) is 7.05 Å². The molecule has 0 aliphatic carbocycles. The van der Waals surface area contributed by atoms with Crippen LogP contribution in [0.3, 0.4) is 0 Å². The molecule has 1 N–H and O–H groups in total. The van der Waals surface area contributed by atoms with Gasteiger partial charge in [-0.2, -0.15) is 0 Å². The molecule has 2 rings (SSSR count). The first kappa shape index (κ1) is 12.2. The maximum Gasteiger partial charge on any atom is 0.172 e. The van der Waals surface area contributed by atoms with Gasteiger partial charge >= 0.3 is 0 Å². The van der Waals surface area contributed by atoms with Gasteiger partial charge in [-0.25, -0.2) is 4.98 Å². The summed E-state index contributed by atoms with van der Waals surface area (Å²) in [4.78, 5) is 5.52. The van der Waals surface area contributed by atoms with Crippen molar-refractivity contribution in [1.82, 2.24) is 14.9 Å². The molecule has 3 nitrogen and oxygen atoms in total. The lowest BCUT2D eigenvalue weighted by Gasteiger charge is -2.04. The van der Waals surface area contributed by atoms with E-state index >= 15 is 0 Å². The average molecular weight is 247 g/mol. The second-order valence-corrected chi connectivity index (χ2v) is 4.89. The number of aromatic nitrogens is 2. The lowest BCUT2D eigenvalue weighted by atomic mass is 10.2. The molecule has 0 aliphatic rings. The van der Waals surface area contributed by atoms with Crippen LogP contribution in [0.5, 0.6) is 0 Å². The van der Waals surface area contributed by atoms with Crippen molar-refractivity contribution in [2.75, 3.05) is 6.54 Å². The molecule has 0 bridgehead atoms. The summed E-state index contributed by atoms with van der Waals surface area (Å²) in [6, 6.07) is 8.61. The molecule has 1 aromatic carbocycles. The number of nitrogens with zero attached hydrogens (tertiary/aromatic N) is 2. The molecule has 17 heavy (non-hydrogen) atoms.